The van der Waals surface area contributed by atoms with Crippen molar-refractivity contribution in [3.63, 3.8) is 0 Å². The van der Waals surface area contributed by atoms with Crippen molar-refractivity contribution in [3.05, 3.63) is 58.1 Å². The standard InChI is InChI=1S/C20H19Cl2NO4/c1-13(24)12-20(26)17-15(21)8-9-16(22)18(17)23(19(20)25)10-5-11-27-14-6-3-2-4-7-14/h2-4,6-9,26H,5,10-12H2,1H3/t20-/m1/s1. The molecule has 0 fully saturated rings. The van der Waals surface area contributed by atoms with Crippen LogP contribution in [0.15, 0.2) is 42.5 Å². The van der Waals surface area contributed by atoms with Gasteiger partial charge in [-0.3, -0.25) is 9.59 Å². The second-order valence-corrected chi connectivity index (χ2v) is 7.28. The second kappa shape index (κ2) is 7.89. The van der Waals surface area contributed by atoms with Crippen LogP contribution in [0.5, 0.6) is 5.75 Å². The molecule has 1 heterocycles. The normalized spacial score (nSPS) is 18.5. The number of Topliss-reactive ketones (excluding diaryl/α,β-unsaturated/α-hetero) is 1. The van der Waals surface area contributed by atoms with Crippen LogP contribution in [0.1, 0.15) is 25.3 Å². The van der Waals surface area contributed by atoms with Gasteiger partial charge >= 0.3 is 0 Å². The molecule has 1 aliphatic rings. The highest BCUT2D eigenvalue weighted by molar-refractivity contribution is 6.38. The van der Waals surface area contributed by atoms with Gasteiger partial charge in [-0.15, -0.1) is 0 Å². The maximum absolute atomic E-state index is 13.0. The smallest absolute Gasteiger partial charge is 0.264 e. The highest BCUT2D eigenvalue weighted by atomic mass is 35.5. The lowest BCUT2D eigenvalue weighted by atomic mass is 9.90. The summed E-state index contributed by atoms with van der Waals surface area (Å²) >= 11 is 12.5. The molecule has 0 aliphatic carbocycles. The Kier molecular flexibility index (Phi) is 5.75. The summed E-state index contributed by atoms with van der Waals surface area (Å²) in [5.41, 5.74) is -1.44. The molecule has 0 aromatic heterocycles. The first-order valence-electron chi connectivity index (χ1n) is 8.54. The molecule has 1 N–H and O–H groups in total. The lowest BCUT2D eigenvalue weighted by molar-refractivity contribution is -0.141. The topological polar surface area (TPSA) is 66.8 Å². The van der Waals surface area contributed by atoms with E-state index in [9.17, 15) is 14.7 Å². The molecule has 0 spiro atoms. The van der Waals surface area contributed by atoms with Gasteiger partial charge < -0.3 is 14.7 Å². The minimum atomic E-state index is -2.00. The van der Waals surface area contributed by atoms with Crippen LogP contribution in [-0.2, 0) is 15.2 Å². The monoisotopic (exact) mass is 407 g/mol. The maximum atomic E-state index is 13.0. The van der Waals surface area contributed by atoms with E-state index in [4.69, 9.17) is 27.9 Å². The number of rotatable bonds is 7. The number of hydrogen-bond acceptors (Lipinski definition) is 4. The van der Waals surface area contributed by atoms with Gasteiger partial charge in [0.2, 0.25) is 0 Å². The van der Waals surface area contributed by atoms with E-state index >= 15 is 0 Å². The van der Waals surface area contributed by atoms with Gasteiger partial charge in [0.15, 0.2) is 5.60 Å². The quantitative estimate of drug-likeness (QED) is 0.704. The van der Waals surface area contributed by atoms with E-state index in [0.29, 0.717) is 23.7 Å². The fraction of sp³-hybridized carbons (Fsp3) is 0.300. The zero-order valence-corrected chi connectivity index (χ0v) is 16.3. The van der Waals surface area contributed by atoms with Crippen molar-refractivity contribution < 1.29 is 19.4 Å². The summed E-state index contributed by atoms with van der Waals surface area (Å²) in [6.45, 7) is 1.98. The van der Waals surface area contributed by atoms with Crippen LogP contribution in [0.4, 0.5) is 5.69 Å². The van der Waals surface area contributed by atoms with Crippen molar-refractivity contribution in [2.45, 2.75) is 25.4 Å². The number of para-hydroxylation sites is 1. The number of nitrogens with zero attached hydrogens (tertiary/aromatic N) is 1. The average Bonchev–Trinajstić information content (AvgIpc) is 2.84. The number of hydrogen-bond donors (Lipinski definition) is 1. The molecule has 0 saturated carbocycles. The first kappa shape index (κ1) is 19.7. The molecule has 1 atom stereocenters. The molecule has 0 saturated heterocycles. The Hall–Kier alpha value is -2.08. The number of aliphatic hydroxyl groups is 1. The van der Waals surface area contributed by atoms with Crippen molar-refractivity contribution in [1.29, 1.82) is 0 Å². The second-order valence-electron chi connectivity index (χ2n) is 6.46. The molecule has 2 aromatic rings. The number of anilines is 1. The van der Waals surface area contributed by atoms with Gasteiger partial charge in [0.05, 0.1) is 17.3 Å². The molecular weight excluding hydrogens is 389 g/mol. The molecule has 142 valence electrons. The predicted octanol–water partition coefficient (Wildman–Crippen LogP) is 3.98. The number of carbonyl (C=O) groups is 2. The van der Waals surface area contributed by atoms with Gasteiger partial charge in [0.25, 0.3) is 5.91 Å². The van der Waals surface area contributed by atoms with Crippen molar-refractivity contribution >= 4 is 40.6 Å². The summed E-state index contributed by atoms with van der Waals surface area (Å²) in [6, 6.07) is 12.4. The molecule has 0 radical (unpaired) electrons. The highest BCUT2D eigenvalue weighted by Gasteiger charge is 2.52. The van der Waals surface area contributed by atoms with Crippen molar-refractivity contribution in [2.24, 2.45) is 0 Å². The SMILES string of the molecule is CC(=O)C[C@]1(O)C(=O)N(CCCOc2ccccc2)c2c(Cl)ccc(Cl)c21. The average molecular weight is 408 g/mol. The van der Waals surface area contributed by atoms with Gasteiger partial charge in [-0.2, -0.15) is 0 Å². The van der Waals surface area contributed by atoms with E-state index < -0.39 is 11.5 Å². The summed E-state index contributed by atoms with van der Waals surface area (Å²) in [4.78, 5) is 26.0. The van der Waals surface area contributed by atoms with Crippen molar-refractivity contribution in [1.82, 2.24) is 0 Å². The molecular formula is C20H19Cl2NO4. The summed E-state index contributed by atoms with van der Waals surface area (Å²) in [5, 5.41) is 11.5. The zero-order valence-electron chi connectivity index (χ0n) is 14.7. The first-order valence-corrected chi connectivity index (χ1v) is 9.30. The molecule has 2 aromatic carbocycles. The Bertz CT molecular complexity index is 872. The molecule has 27 heavy (non-hydrogen) atoms. The predicted molar refractivity (Wildman–Crippen MR) is 105 cm³/mol. The summed E-state index contributed by atoms with van der Waals surface area (Å²) in [5.74, 6) is -0.177. The number of ketones is 1. The van der Waals surface area contributed by atoms with Crippen LogP contribution in [0, 0.1) is 0 Å². The van der Waals surface area contributed by atoms with Gasteiger partial charge in [0, 0.05) is 23.6 Å². The molecule has 1 aliphatic heterocycles. The number of amides is 1. The van der Waals surface area contributed by atoms with Gasteiger partial charge in [-0.05, 0) is 37.6 Å². The fourth-order valence-corrected chi connectivity index (χ4v) is 3.87. The third kappa shape index (κ3) is 3.81. The van der Waals surface area contributed by atoms with Crippen LogP contribution < -0.4 is 9.64 Å². The number of ether oxygens (including phenoxy) is 1. The lowest BCUT2D eigenvalue weighted by Crippen LogP contribution is -2.42. The molecule has 7 heteroatoms. The van der Waals surface area contributed by atoms with Gasteiger partial charge in [-0.1, -0.05) is 41.4 Å². The first-order chi connectivity index (χ1) is 12.8. The number of fused-ring (bicyclic) bond motifs is 1. The Morgan fingerprint density at radius 1 is 1.15 bits per heavy atom. The summed E-state index contributed by atoms with van der Waals surface area (Å²) < 4.78 is 5.65. The van der Waals surface area contributed by atoms with Crippen molar-refractivity contribution in [3.8, 4) is 5.75 Å². The van der Waals surface area contributed by atoms with E-state index in [1.54, 1.807) is 6.07 Å². The molecule has 0 unspecified atom stereocenters. The van der Waals surface area contributed by atoms with E-state index in [1.165, 1.54) is 17.9 Å². The van der Waals surface area contributed by atoms with Gasteiger partial charge in [-0.25, -0.2) is 0 Å². The van der Waals surface area contributed by atoms with E-state index in [-0.39, 0.29) is 29.3 Å². The van der Waals surface area contributed by atoms with Crippen LogP contribution in [-0.4, -0.2) is 29.9 Å². The Balaban J connectivity index is 1.81. The summed E-state index contributed by atoms with van der Waals surface area (Å²) in [7, 11) is 0. The Morgan fingerprint density at radius 2 is 1.81 bits per heavy atom. The van der Waals surface area contributed by atoms with E-state index in [0.717, 1.165) is 5.75 Å². The molecule has 3 rings (SSSR count). The largest absolute Gasteiger partial charge is 0.494 e. The number of halogens is 2. The molecule has 5 nitrogen and oxygen atoms in total. The minimum absolute atomic E-state index is 0.195. The van der Waals surface area contributed by atoms with Crippen LogP contribution in [0.2, 0.25) is 10.0 Å². The maximum Gasteiger partial charge on any atom is 0.264 e. The number of carbonyl (C=O) groups excluding carboxylic acids is 2. The third-order valence-electron chi connectivity index (χ3n) is 4.40. The Labute approximate surface area is 167 Å². The highest BCUT2D eigenvalue weighted by Crippen LogP contribution is 2.49. The minimum Gasteiger partial charge on any atom is -0.494 e. The van der Waals surface area contributed by atoms with Crippen LogP contribution >= 0.6 is 23.2 Å². The Morgan fingerprint density at radius 3 is 2.48 bits per heavy atom. The van der Waals surface area contributed by atoms with Crippen LogP contribution in [0.25, 0.3) is 0 Å². The zero-order chi connectivity index (χ0) is 19.6. The van der Waals surface area contributed by atoms with Crippen molar-refractivity contribution in [2.75, 3.05) is 18.1 Å². The summed E-state index contributed by atoms with van der Waals surface area (Å²) in [6.07, 6.45) is 0.162. The number of benzene rings is 2. The van der Waals surface area contributed by atoms with E-state index in [1.807, 2.05) is 30.3 Å². The molecule has 0 bridgehead atoms. The van der Waals surface area contributed by atoms with Crippen LogP contribution in [0.3, 0.4) is 0 Å². The third-order valence-corrected chi connectivity index (χ3v) is 5.02. The molecule has 1 amide bonds. The van der Waals surface area contributed by atoms with E-state index in [2.05, 4.69) is 0 Å². The fourth-order valence-electron chi connectivity index (χ4n) is 3.30. The van der Waals surface area contributed by atoms with Gasteiger partial charge in [0.1, 0.15) is 11.5 Å². The lowest BCUT2D eigenvalue weighted by Gasteiger charge is -2.22.